The molecule has 24 heavy (non-hydrogen) atoms. The molecule has 0 aromatic heterocycles. The standard InChI is InChI=1S/C16H26N4O3S/c1-12(2)11-20-9-7-14(8-10-20)19-16(21)18-13-3-5-15(6-4-13)24(17,22)23/h3-6,12,14H,7-11H2,1-2H3,(H2,17,22,23)(H2,18,19,21). The lowest BCUT2D eigenvalue weighted by Crippen LogP contribution is -2.46. The Morgan fingerprint density at radius 2 is 1.83 bits per heavy atom. The number of hydrogen-bond donors (Lipinski definition) is 3. The molecule has 2 rings (SSSR count). The van der Waals surface area contributed by atoms with Crippen LogP contribution in [0.25, 0.3) is 0 Å². The first-order chi connectivity index (χ1) is 11.2. The molecule has 8 heteroatoms. The van der Waals surface area contributed by atoms with Crippen molar-refractivity contribution < 1.29 is 13.2 Å². The predicted octanol–water partition coefficient (Wildman–Crippen LogP) is 1.58. The van der Waals surface area contributed by atoms with Gasteiger partial charge in [0.2, 0.25) is 10.0 Å². The van der Waals surface area contributed by atoms with E-state index in [1.54, 1.807) is 0 Å². The molecule has 0 atom stereocenters. The van der Waals surface area contributed by atoms with E-state index in [2.05, 4.69) is 29.4 Å². The van der Waals surface area contributed by atoms with E-state index in [4.69, 9.17) is 5.14 Å². The number of primary sulfonamides is 1. The summed E-state index contributed by atoms with van der Waals surface area (Å²) in [6.07, 6.45) is 1.87. The number of hydrogen-bond acceptors (Lipinski definition) is 4. The van der Waals surface area contributed by atoms with Crippen LogP contribution in [0.15, 0.2) is 29.2 Å². The van der Waals surface area contributed by atoms with Crippen LogP contribution in [-0.2, 0) is 10.0 Å². The molecule has 1 heterocycles. The summed E-state index contributed by atoms with van der Waals surface area (Å²) < 4.78 is 22.4. The van der Waals surface area contributed by atoms with Crippen LogP contribution in [0.3, 0.4) is 0 Å². The van der Waals surface area contributed by atoms with Crippen molar-refractivity contribution in [3.8, 4) is 0 Å². The van der Waals surface area contributed by atoms with Gasteiger partial charge in [0.15, 0.2) is 0 Å². The van der Waals surface area contributed by atoms with Crippen molar-refractivity contribution >= 4 is 21.7 Å². The lowest BCUT2D eigenvalue weighted by molar-refractivity contribution is 0.180. The van der Waals surface area contributed by atoms with Gasteiger partial charge in [-0.15, -0.1) is 0 Å². The maximum Gasteiger partial charge on any atom is 0.319 e. The average Bonchev–Trinajstić information content (AvgIpc) is 2.48. The Morgan fingerprint density at radius 3 is 2.33 bits per heavy atom. The first-order valence-electron chi connectivity index (χ1n) is 8.17. The van der Waals surface area contributed by atoms with Gasteiger partial charge in [0.1, 0.15) is 0 Å². The second kappa shape index (κ2) is 7.96. The number of urea groups is 1. The molecule has 1 aliphatic heterocycles. The highest BCUT2D eigenvalue weighted by atomic mass is 32.2. The SMILES string of the molecule is CC(C)CN1CCC(NC(=O)Nc2ccc(S(N)(=O)=O)cc2)CC1. The number of piperidine rings is 1. The first-order valence-corrected chi connectivity index (χ1v) is 9.71. The number of nitrogens with zero attached hydrogens (tertiary/aromatic N) is 1. The summed E-state index contributed by atoms with van der Waals surface area (Å²) in [4.78, 5) is 14.5. The van der Waals surface area contributed by atoms with Crippen molar-refractivity contribution in [3.63, 3.8) is 0 Å². The van der Waals surface area contributed by atoms with Crippen molar-refractivity contribution in [3.05, 3.63) is 24.3 Å². The quantitative estimate of drug-likeness (QED) is 0.746. The van der Waals surface area contributed by atoms with Gasteiger partial charge in [-0.25, -0.2) is 18.4 Å². The van der Waals surface area contributed by atoms with E-state index in [9.17, 15) is 13.2 Å². The Labute approximate surface area is 143 Å². The number of carbonyl (C=O) groups excluding carboxylic acids is 1. The van der Waals surface area contributed by atoms with Crippen LogP contribution < -0.4 is 15.8 Å². The summed E-state index contributed by atoms with van der Waals surface area (Å²) >= 11 is 0. The minimum absolute atomic E-state index is 0.0194. The van der Waals surface area contributed by atoms with Crippen LogP contribution in [0.5, 0.6) is 0 Å². The molecule has 0 saturated carbocycles. The maximum absolute atomic E-state index is 12.0. The summed E-state index contributed by atoms with van der Waals surface area (Å²) in [6, 6.07) is 5.66. The highest BCUT2D eigenvalue weighted by Crippen LogP contribution is 2.14. The first kappa shape index (κ1) is 18.7. The van der Waals surface area contributed by atoms with Gasteiger partial charge in [0.05, 0.1) is 4.90 Å². The minimum Gasteiger partial charge on any atom is -0.335 e. The Kier molecular flexibility index (Phi) is 6.20. The van der Waals surface area contributed by atoms with Crippen LogP contribution >= 0.6 is 0 Å². The number of sulfonamides is 1. The van der Waals surface area contributed by atoms with E-state index in [0.717, 1.165) is 32.5 Å². The minimum atomic E-state index is -3.72. The zero-order valence-corrected chi connectivity index (χ0v) is 15.0. The molecular weight excluding hydrogens is 328 g/mol. The molecule has 0 bridgehead atoms. The summed E-state index contributed by atoms with van der Waals surface area (Å²) in [7, 11) is -3.72. The van der Waals surface area contributed by atoms with Crippen LogP contribution in [0.1, 0.15) is 26.7 Å². The average molecular weight is 354 g/mol. The van der Waals surface area contributed by atoms with E-state index in [0.29, 0.717) is 11.6 Å². The lowest BCUT2D eigenvalue weighted by Gasteiger charge is -2.33. The fraction of sp³-hybridized carbons (Fsp3) is 0.562. The molecule has 1 aromatic rings. The van der Waals surface area contributed by atoms with E-state index in [-0.39, 0.29) is 17.0 Å². The van der Waals surface area contributed by atoms with Gasteiger partial charge in [-0.1, -0.05) is 13.8 Å². The van der Waals surface area contributed by atoms with Crippen molar-refractivity contribution in [1.29, 1.82) is 0 Å². The molecule has 1 saturated heterocycles. The number of anilines is 1. The van der Waals surface area contributed by atoms with Crippen molar-refractivity contribution in [2.45, 2.75) is 37.6 Å². The van der Waals surface area contributed by atoms with Crippen LogP contribution in [0.4, 0.5) is 10.5 Å². The number of amides is 2. The second-order valence-electron chi connectivity index (χ2n) is 6.64. The Bertz CT molecular complexity index is 650. The number of carbonyl (C=O) groups is 1. The molecule has 134 valence electrons. The molecule has 0 aliphatic carbocycles. The summed E-state index contributed by atoms with van der Waals surface area (Å²) in [5, 5.41) is 10.7. The van der Waals surface area contributed by atoms with Gasteiger partial charge in [-0.05, 0) is 43.0 Å². The number of rotatable bonds is 5. The second-order valence-corrected chi connectivity index (χ2v) is 8.20. The molecule has 1 aliphatic rings. The smallest absolute Gasteiger partial charge is 0.319 e. The highest BCUT2D eigenvalue weighted by molar-refractivity contribution is 7.89. The van der Waals surface area contributed by atoms with Crippen LogP contribution in [0, 0.1) is 5.92 Å². The third-order valence-corrected chi connectivity index (χ3v) is 4.92. The highest BCUT2D eigenvalue weighted by Gasteiger charge is 2.21. The van der Waals surface area contributed by atoms with Gasteiger partial charge in [0, 0.05) is 31.4 Å². The lowest BCUT2D eigenvalue weighted by atomic mass is 10.0. The molecule has 4 N–H and O–H groups in total. The van der Waals surface area contributed by atoms with E-state index in [1.807, 2.05) is 0 Å². The largest absolute Gasteiger partial charge is 0.335 e. The molecular formula is C16H26N4O3S. The number of nitrogens with one attached hydrogen (secondary N) is 2. The number of nitrogens with two attached hydrogens (primary N) is 1. The molecule has 1 aromatic carbocycles. The topological polar surface area (TPSA) is 105 Å². The fourth-order valence-corrected chi connectivity index (χ4v) is 3.37. The van der Waals surface area contributed by atoms with Crippen molar-refractivity contribution in [2.75, 3.05) is 25.0 Å². The Morgan fingerprint density at radius 1 is 1.25 bits per heavy atom. The third-order valence-electron chi connectivity index (χ3n) is 3.99. The maximum atomic E-state index is 12.0. The zero-order valence-electron chi connectivity index (χ0n) is 14.2. The van der Waals surface area contributed by atoms with Gasteiger partial charge in [-0.2, -0.15) is 0 Å². The number of likely N-dealkylation sites (tertiary alicyclic amines) is 1. The zero-order chi connectivity index (χ0) is 17.7. The molecule has 0 spiro atoms. The van der Waals surface area contributed by atoms with E-state index in [1.165, 1.54) is 24.3 Å². The normalized spacial score (nSPS) is 17.0. The third kappa shape index (κ3) is 5.77. The van der Waals surface area contributed by atoms with Gasteiger partial charge in [0.25, 0.3) is 0 Å². The molecule has 0 radical (unpaired) electrons. The number of benzene rings is 1. The molecule has 1 fully saturated rings. The fourth-order valence-electron chi connectivity index (χ4n) is 2.86. The monoisotopic (exact) mass is 354 g/mol. The van der Waals surface area contributed by atoms with Gasteiger partial charge in [-0.3, -0.25) is 0 Å². The van der Waals surface area contributed by atoms with E-state index < -0.39 is 10.0 Å². The summed E-state index contributed by atoms with van der Waals surface area (Å²) in [5.41, 5.74) is 0.525. The van der Waals surface area contributed by atoms with Crippen molar-refractivity contribution in [2.24, 2.45) is 11.1 Å². The Balaban J connectivity index is 1.80. The van der Waals surface area contributed by atoms with Crippen LogP contribution in [0.2, 0.25) is 0 Å². The summed E-state index contributed by atoms with van der Waals surface area (Å²) in [6.45, 7) is 7.49. The van der Waals surface area contributed by atoms with Crippen molar-refractivity contribution in [1.82, 2.24) is 10.2 Å². The Hall–Kier alpha value is -1.64. The molecule has 7 nitrogen and oxygen atoms in total. The van der Waals surface area contributed by atoms with E-state index >= 15 is 0 Å². The van der Waals surface area contributed by atoms with Crippen LogP contribution in [-0.4, -0.2) is 45.0 Å². The molecule has 2 amide bonds. The predicted molar refractivity (Wildman–Crippen MR) is 94.3 cm³/mol. The molecule has 0 unspecified atom stereocenters. The van der Waals surface area contributed by atoms with Gasteiger partial charge < -0.3 is 15.5 Å². The van der Waals surface area contributed by atoms with Gasteiger partial charge >= 0.3 is 6.03 Å². The summed E-state index contributed by atoms with van der Waals surface area (Å²) in [5.74, 6) is 0.651.